The highest BCUT2D eigenvalue weighted by molar-refractivity contribution is 14.1. The lowest BCUT2D eigenvalue weighted by atomic mass is 10.0. The van der Waals surface area contributed by atoms with E-state index in [1.54, 1.807) is 36.4 Å². The van der Waals surface area contributed by atoms with Gasteiger partial charge >= 0.3 is 17.9 Å². The third-order valence-electron chi connectivity index (χ3n) is 10.7. The first-order chi connectivity index (χ1) is 29.7. The third kappa shape index (κ3) is 7.33. The van der Waals surface area contributed by atoms with Gasteiger partial charge in [-0.15, -0.1) is 0 Å². The molecule has 0 unspecified atom stereocenters. The molecule has 2 N–H and O–H groups in total. The van der Waals surface area contributed by atoms with Gasteiger partial charge in [0.25, 0.3) is 0 Å². The highest BCUT2D eigenvalue weighted by atomic mass is 127. The van der Waals surface area contributed by atoms with Crippen molar-refractivity contribution in [3.8, 4) is 44.5 Å². The van der Waals surface area contributed by atoms with Crippen molar-refractivity contribution in [1.82, 2.24) is 19.9 Å². The zero-order chi connectivity index (χ0) is 42.2. The number of ether oxygens (including phenoxy) is 3. The summed E-state index contributed by atoms with van der Waals surface area (Å²) in [5, 5.41) is 0. The highest BCUT2D eigenvalue weighted by Crippen LogP contribution is 2.39. The number of carbonyl (C=O) groups excluding carboxylic acids is 3. The number of esters is 3. The summed E-state index contributed by atoms with van der Waals surface area (Å²) in [6.07, 6.45) is 8.01. The van der Waals surface area contributed by atoms with E-state index in [0.29, 0.717) is 33.8 Å². The molecule has 0 fully saturated rings. The van der Waals surface area contributed by atoms with Crippen molar-refractivity contribution in [2.24, 2.45) is 0 Å². The van der Waals surface area contributed by atoms with Crippen molar-refractivity contribution >= 4 is 86.9 Å². The molecule has 298 valence electrons. The summed E-state index contributed by atoms with van der Waals surface area (Å²) >= 11 is 2.36. The van der Waals surface area contributed by atoms with E-state index in [2.05, 4.69) is 50.8 Å². The Morgan fingerprint density at radius 3 is 1.07 bits per heavy atom. The number of nitrogens with one attached hydrogen (secondary N) is 2. The van der Waals surface area contributed by atoms with Crippen LogP contribution < -0.4 is 0 Å². The predicted octanol–water partition coefficient (Wildman–Crippen LogP) is 11.3. The Hall–Kier alpha value is -7.38. The minimum atomic E-state index is -0.436. The van der Waals surface area contributed by atoms with Crippen molar-refractivity contribution in [2.75, 3.05) is 21.3 Å². The molecule has 8 bridgehead atoms. The van der Waals surface area contributed by atoms with Crippen LogP contribution in [0.1, 0.15) is 53.8 Å². The van der Waals surface area contributed by atoms with E-state index in [0.717, 1.165) is 75.8 Å². The van der Waals surface area contributed by atoms with Crippen LogP contribution in [0.3, 0.4) is 0 Å². The quantitative estimate of drug-likeness (QED) is 0.0916. The average Bonchev–Trinajstić information content (AvgIpc) is 4.15. The average molecular weight is 915 g/mol. The molecule has 61 heavy (non-hydrogen) atoms. The van der Waals surface area contributed by atoms with Gasteiger partial charge in [0, 0.05) is 47.9 Å². The highest BCUT2D eigenvalue weighted by Gasteiger charge is 2.20. The molecule has 10 nitrogen and oxygen atoms in total. The molecular formula is C50H35IN4O6. The van der Waals surface area contributed by atoms with Crippen molar-refractivity contribution < 1.29 is 28.6 Å². The summed E-state index contributed by atoms with van der Waals surface area (Å²) in [4.78, 5) is 55.5. The number of rotatable bonds is 7. The molecule has 0 radical (unpaired) electrons. The second kappa shape index (κ2) is 16.3. The zero-order valence-corrected chi connectivity index (χ0v) is 35.2. The molecule has 4 aromatic carbocycles. The SMILES string of the molecule is COC(=O)c1ccc(-c2c3nc(c(-c4ccc(C(=O)OC)cc4)c4ccc([nH]4)c(-c4ccccc4I)c4nc(c(-c5ccc(C(=O)OC)cc5)c5ccc2[nH]5)C=C4)C=C3)cc1. The Labute approximate surface area is 363 Å². The number of methoxy groups -OCH3 is 3. The van der Waals surface area contributed by atoms with Crippen molar-refractivity contribution in [2.45, 2.75) is 0 Å². The summed E-state index contributed by atoms with van der Waals surface area (Å²) in [6.45, 7) is 0. The molecule has 7 aromatic rings. The number of fused-ring (bicyclic) bond motifs is 8. The second-order valence-electron chi connectivity index (χ2n) is 14.2. The number of nitrogens with zero attached hydrogens (tertiary/aromatic N) is 2. The second-order valence-corrected chi connectivity index (χ2v) is 15.4. The van der Waals surface area contributed by atoms with Gasteiger partial charge in [-0.25, -0.2) is 24.4 Å². The van der Waals surface area contributed by atoms with Crippen LogP contribution in [0, 0.1) is 3.57 Å². The summed E-state index contributed by atoms with van der Waals surface area (Å²) in [5.74, 6) is -1.29. The van der Waals surface area contributed by atoms with Crippen molar-refractivity contribution in [3.63, 3.8) is 0 Å². The Kier molecular flexibility index (Phi) is 10.5. The van der Waals surface area contributed by atoms with Crippen molar-refractivity contribution in [3.05, 3.63) is 164 Å². The fraction of sp³-hybridized carbons (Fsp3) is 0.0600. The number of hydrogen-bond acceptors (Lipinski definition) is 8. The van der Waals surface area contributed by atoms with Gasteiger partial charge in [0.05, 0.1) is 60.8 Å². The molecule has 0 saturated carbocycles. The maximum atomic E-state index is 12.5. The number of H-pyrrole nitrogens is 2. The molecule has 11 heteroatoms. The van der Waals surface area contributed by atoms with Crippen LogP contribution in [-0.4, -0.2) is 59.2 Å². The van der Waals surface area contributed by atoms with E-state index in [4.69, 9.17) is 24.2 Å². The first-order valence-corrected chi connectivity index (χ1v) is 20.3. The molecular weight excluding hydrogens is 879 g/mol. The molecule has 5 heterocycles. The molecule has 0 aliphatic carbocycles. The van der Waals surface area contributed by atoms with Crippen LogP contribution >= 0.6 is 22.6 Å². The van der Waals surface area contributed by atoms with Gasteiger partial charge in [-0.1, -0.05) is 54.6 Å². The predicted molar refractivity (Wildman–Crippen MR) is 247 cm³/mol. The van der Waals surface area contributed by atoms with Gasteiger partial charge in [0.2, 0.25) is 0 Å². The smallest absolute Gasteiger partial charge is 0.337 e. The third-order valence-corrected chi connectivity index (χ3v) is 11.6. The van der Waals surface area contributed by atoms with E-state index < -0.39 is 17.9 Å². The zero-order valence-electron chi connectivity index (χ0n) is 33.1. The van der Waals surface area contributed by atoms with Gasteiger partial charge in [0.1, 0.15) is 0 Å². The first-order valence-electron chi connectivity index (χ1n) is 19.2. The molecule has 3 aromatic heterocycles. The van der Waals surface area contributed by atoms with Crippen LogP contribution in [0.25, 0.3) is 90.9 Å². The number of benzene rings is 4. The lowest BCUT2D eigenvalue weighted by Crippen LogP contribution is -2.00. The lowest BCUT2D eigenvalue weighted by Gasteiger charge is -2.08. The lowest BCUT2D eigenvalue weighted by molar-refractivity contribution is 0.0592. The summed E-state index contributed by atoms with van der Waals surface area (Å²) in [5.41, 5.74) is 14.1. The van der Waals surface area contributed by atoms with E-state index in [9.17, 15) is 14.4 Å². The van der Waals surface area contributed by atoms with Gasteiger partial charge < -0.3 is 24.2 Å². The van der Waals surface area contributed by atoms with E-state index in [-0.39, 0.29) is 0 Å². The number of aromatic amines is 2. The summed E-state index contributed by atoms with van der Waals surface area (Å²) in [6, 6.07) is 38.1. The molecule has 0 amide bonds. The summed E-state index contributed by atoms with van der Waals surface area (Å²) in [7, 11) is 4.08. The van der Waals surface area contributed by atoms with E-state index >= 15 is 0 Å². The topological polar surface area (TPSA) is 136 Å². The number of carbonyl (C=O) groups is 3. The van der Waals surface area contributed by atoms with Gasteiger partial charge in [-0.2, -0.15) is 0 Å². The minimum Gasteiger partial charge on any atom is -0.465 e. The van der Waals surface area contributed by atoms with Crippen molar-refractivity contribution in [1.29, 1.82) is 0 Å². The molecule has 2 aliphatic rings. The Morgan fingerprint density at radius 1 is 0.426 bits per heavy atom. The van der Waals surface area contributed by atoms with Gasteiger partial charge in [0.15, 0.2) is 0 Å². The van der Waals surface area contributed by atoms with E-state index in [1.807, 2.05) is 91.0 Å². The minimum absolute atomic E-state index is 0.419. The number of aromatic nitrogens is 4. The van der Waals surface area contributed by atoms with Crippen LogP contribution in [0.4, 0.5) is 0 Å². The molecule has 9 rings (SSSR count). The molecule has 0 atom stereocenters. The molecule has 2 aliphatic heterocycles. The Bertz CT molecular complexity index is 3090. The molecule has 0 spiro atoms. The summed E-state index contributed by atoms with van der Waals surface area (Å²) < 4.78 is 16.0. The van der Waals surface area contributed by atoms with E-state index in [1.165, 1.54) is 21.3 Å². The fourth-order valence-electron chi connectivity index (χ4n) is 7.74. The maximum absolute atomic E-state index is 12.5. The van der Waals surface area contributed by atoms with Crippen LogP contribution in [0.5, 0.6) is 0 Å². The van der Waals surface area contributed by atoms with Gasteiger partial charge in [-0.05, 0) is 136 Å². The molecule has 0 saturated heterocycles. The largest absolute Gasteiger partial charge is 0.465 e. The fourth-order valence-corrected chi connectivity index (χ4v) is 8.39. The normalized spacial score (nSPS) is 11.7. The Balaban J connectivity index is 1.42. The van der Waals surface area contributed by atoms with Gasteiger partial charge in [-0.3, -0.25) is 0 Å². The monoisotopic (exact) mass is 914 g/mol. The first kappa shape index (κ1) is 39.1. The number of halogens is 1. The number of hydrogen-bond donors (Lipinski definition) is 2. The van der Waals surface area contributed by atoms with Crippen LogP contribution in [0.15, 0.2) is 121 Å². The van der Waals surface area contributed by atoms with Crippen LogP contribution in [0.2, 0.25) is 0 Å². The standard InChI is InChI=1S/C50H35IN4O6/c1-59-48(56)31-14-8-28(9-15-31)44-36-20-22-38(52-36)45(29-10-16-32(17-11-29)49(57)60-2)40-24-26-42(54-40)47(34-6-4-5-7-35(34)51)43-27-25-41(55-43)46(39-23-21-37(44)53-39)30-12-18-33(19-13-30)50(58)61-3/h4-27,52,55H,1-3H3. The Morgan fingerprint density at radius 2 is 0.738 bits per heavy atom. The van der Waals surface area contributed by atoms with Crippen LogP contribution in [-0.2, 0) is 14.2 Å². The maximum Gasteiger partial charge on any atom is 0.337 e.